The molecule has 0 unspecified atom stereocenters. The van der Waals surface area contributed by atoms with Crippen LogP contribution in [-0.2, 0) is 6.42 Å². The first-order valence-corrected chi connectivity index (χ1v) is 7.18. The van der Waals surface area contributed by atoms with Gasteiger partial charge in [0.25, 0.3) is 0 Å². The Kier molecular flexibility index (Phi) is 6.55. The lowest BCUT2D eigenvalue weighted by atomic mass is 10.1. The molecule has 1 aromatic rings. The molecule has 0 bridgehead atoms. The highest BCUT2D eigenvalue weighted by atomic mass is 35.5. The lowest BCUT2D eigenvalue weighted by molar-refractivity contribution is 0.313. The molecule has 0 saturated carbocycles. The molecular formula is C12H18ClNO2S. The van der Waals surface area contributed by atoms with Crippen LogP contribution in [0.3, 0.4) is 0 Å². The fourth-order valence-electron chi connectivity index (χ4n) is 1.45. The molecule has 96 valence electrons. The van der Waals surface area contributed by atoms with Crippen molar-refractivity contribution in [1.82, 2.24) is 0 Å². The van der Waals surface area contributed by atoms with Crippen LogP contribution in [0.25, 0.3) is 0 Å². The molecule has 0 atom stereocenters. The third kappa shape index (κ3) is 4.30. The molecule has 17 heavy (non-hydrogen) atoms. The number of nitrogens with two attached hydrogens (primary N) is 1. The van der Waals surface area contributed by atoms with Crippen LogP contribution in [-0.4, -0.2) is 32.3 Å². The lowest BCUT2D eigenvalue weighted by Crippen LogP contribution is -2.05. The highest BCUT2D eigenvalue weighted by Gasteiger charge is 2.11. The molecule has 3 nitrogen and oxygen atoms in total. The van der Waals surface area contributed by atoms with Gasteiger partial charge in [-0.2, -0.15) is 11.8 Å². The van der Waals surface area contributed by atoms with Gasteiger partial charge in [0, 0.05) is 5.75 Å². The molecule has 0 aliphatic rings. The molecule has 0 aliphatic heterocycles. The third-order valence-electron chi connectivity index (χ3n) is 2.26. The molecule has 1 aromatic carbocycles. The van der Waals surface area contributed by atoms with Gasteiger partial charge >= 0.3 is 0 Å². The van der Waals surface area contributed by atoms with Gasteiger partial charge in [-0.25, -0.2) is 0 Å². The number of ether oxygens (including phenoxy) is 2. The number of halogens is 1. The zero-order valence-electron chi connectivity index (χ0n) is 10.2. The number of rotatable bonds is 7. The van der Waals surface area contributed by atoms with Crippen molar-refractivity contribution in [3.05, 3.63) is 22.7 Å². The highest BCUT2D eigenvalue weighted by Crippen LogP contribution is 2.36. The molecular weight excluding hydrogens is 258 g/mol. The number of hydrogen-bond acceptors (Lipinski definition) is 4. The van der Waals surface area contributed by atoms with Gasteiger partial charge in [-0.1, -0.05) is 11.6 Å². The number of benzene rings is 1. The van der Waals surface area contributed by atoms with Gasteiger partial charge in [-0.15, -0.1) is 0 Å². The summed E-state index contributed by atoms with van der Waals surface area (Å²) in [7, 11) is 1.61. The standard InChI is InChI=1S/C12H18ClNO2S/c1-15-11-8-9(3-4-14)7-10(13)12(11)16-5-6-17-2/h7-8H,3-6,14H2,1-2H3. The minimum atomic E-state index is 0.578. The van der Waals surface area contributed by atoms with Gasteiger partial charge in [0.15, 0.2) is 11.5 Å². The van der Waals surface area contributed by atoms with E-state index in [1.165, 1.54) is 0 Å². The van der Waals surface area contributed by atoms with Gasteiger partial charge in [0.1, 0.15) is 0 Å². The maximum atomic E-state index is 6.18. The van der Waals surface area contributed by atoms with Crippen LogP contribution in [0.2, 0.25) is 5.02 Å². The van der Waals surface area contributed by atoms with E-state index in [0.29, 0.717) is 29.7 Å². The Bertz CT molecular complexity index is 361. The van der Waals surface area contributed by atoms with Crippen LogP contribution in [0.15, 0.2) is 12.1 Å². The summed E-state index contributed by atoms with van der Waals surface area (Å²) in [6.07, 6.45) is 2.81. The number of methoxy groups -OCH3 is 1. The normalized spacial score (nSPS) is 10.4. The van der Waals surface area contributed by atoms with E-state index in [2.05, 4.69) is 0 Å². The van der Waals surface area contributed by atoms with Crippen molar-refractivity contribution in [2.45, 2.75) is 6.42 Å². The molecule has 0 aromatic heterocycles. The Balaban J connectivity index is 2.87. The fourth-order valence-corrected chi connectivity index (χ4v) is 1.99. The van der Waals surface area contributed by atoms with Crippen LogP contribution in [0, 0.1) is 0 Å². The zero-order chi connectivity index (χ0) is 12.7. The van der Waals surface area contributed by atoms with Crippen molar-refractivity contribution >= 4 is 23.4 Å². The van der Waals surface area contributed by atoms with Crippen molar-refractivity contribution < 1.29 is 9.47 Å². The van der Waals surface area contributed by atoms with Crippen molar-refractivity contribution in [1.29, 1.82) is 0 Å². The van der Waals surface area contributed by atoms with E-state index in [1.54, 1.807) is 18.9 Å². The first-order chi connectivity index (χ1) is 8.22. The molecule has 0 spiro atoms. The minimum Gasteiger partial charge on any atom is -0.493 e. The van der Waals surface area contributed by atoms with E-state index < -0.39 is 0 Å². The van der Waals surface area contributed by atoms with E-state index in [4.69, 9.17) is 26.8 Å². The molecule has 0 amide bonds. The summed E-state index contributed by atoms with van der Waals surface area (Å²) in [5.74, 6) is 2.20. The van der Waals surface area contributed by atoms with Crippen molar-refractivity contribution in [2.24, 2.45) is 5.73 Å². The van der Waals surface area contributed by atoms with E-state index in [-0.39, 0.29) is 0 Å². The van der Waals surface area contributed by atoms with Gasteiger partial charge in [-0.3, -0.25) is 0 Å². The summed E-state index contributed by atoms with van der Waals surface area (Å²) in [6, 6.07) is 3.80. The maximum Gasteiger partial charge on any atom is 0.179 e. The van der Waals surface area contributed by atoms with Crippen LogP contribution in [0.5, 0.6) is 11.5 Å². The first kappa shape index (κ1) is 14.5. The minimum absolute atomic E-state index is 0.578. The van der Waals surface area contributed by atoms with E-state index in [1.807, 2.05) is 18.4 Å². The average molecular weight is 276 g/mol. The quantitative estimate of drug-likeness (QED) is 0.777. The Morgan fingerprint density at radius 2 is 2.18 bits per heavy atom. The summed E-state index contributed by atoms with van der Waals surface area (Å²) < 4.78 is 10.9. The van der Waals surface area contributed by atoms with Crippen molar-refractivity contribution in [2.75, 3.05) is 32.3 Å². The molecule has 0 radical (unpaired) electrons. The molecule has 5 heteroatoms. The fraction of sp³-hybridized carbons (Fsp3) is 0.500. The first-order valence-electron chi connectivity index (χ1n) is 5.41. The molecule has 0 aliphatic carbocycles. The van der Waals surface area contributed by atoms with Crippen molar-refractivity contribution in [3.8, 4) is 11.5 Å². The monoisotopic (exact) mass is 275 g/mol. The predicted octanol–water partition coefficient (Wildman–Crippen LogP) is 2.59. The second-order valence-electron chi connectivity index (χ2n) is 3.49. The topological polar surface area (TPSA) is 44.5 Å². The predicted molar refractivity (Wildman–Crippen MR) is 74.6 cm³/mol. The smallest absolute Gasteiger partial charge is 0.179 e. The second-order valence-corrected chi connectivity index (χ2v) is 4.88. The number of thioether (sulfide) groups is 1. The molecule has 0 fully saturated rings. The van der Waals surface area contributed by atoms with Crippen molar-refractivity contribution in [3.63, 3.8) is 0 Å². The SMILES string of the molecule is COc1cc(CCN)cc(Cl)c1OCCSC. The molecule has 2 N–H and O–H groups in total. The third-order valence-corrected chi connectivity index (χ3v) is 3.11. The van der Waals surface area contributed by atoms with E-state index in [9.17, 15) is 0 Å². The summed E-state index contributed by atoms with van der Waals surface area (Å²) in [5.41, 5.74) is 6.58. The van der Waals surface area contributed by atoms with Gasteiger partial charge in [0.2, 0.25) is 0 Å². The van der Waals surface area contributed by atoms with Crippen LogP contribution >= 0.6 is 23.4 Å². The average Bonchev–Trinajstić information content (AvgIpc) is 2.32. The summed E-state index contributed by atoms with van der Waals surface area (Å²) in [5, 5.41) is 0.578. The second kappa shape index (κ2) is 7.69. The molecule has 0 saturated heterocycles. The van der Waals surface area contributed by atoms with E-state index >= 15 is 0 Å². The van der Waals surface area contributed by atoms with Crippen LogP contribution in [0.1, 0.15) is 5.56 Å². The Morgan fingerprint density at radius 3 is 2.76 bits per heavy atom. The zero-order valence-corrected chi connectivity index (χ0v) is 11.7. The van der Waals surface area contributed by atoms with Gasteiger partial charge in [-0.05, 0) is 36.9 Å². The summed E-state index contributed by atoms with van der Waals surface area (Å²) in [4.78, 5) is 0. The Morgan fingerprint density at radius 1 is 1.41 bits per heavy atom. The van der Waals surface area contributed by atoms with E-state index in [0.717, 1.165) is 17.7 Å². The van der Waals surface area contributed by atoms with Gasteiger partial charge in [0.05, 0.1) is 18.7 Å². The Labute approximate surface area is 112 Å². The lowest BCUT2D eigenvalue weighted by Gasteiger charge is -2.13. The van der Waals surface area contributed by atoms with Crippen LogP contribution in [0.4, 0.5) is 0 Å². The summed E-state index contributed by atoms with van der Waals surface area (Å²) >= 11 is 7.90. The largest absolute Gasteiger partial charge is 0.493 e. The molecule has 1 rings (SSSR count). The molecule has 0 heterocycles. The summed E-state index contributed by atoms with van der Waals surface area (Å²) in [6.45, 7) is 1.21. The highest BCUT2D eigenvalue weighted by molar-refractivity contribution is 7.98. The maximum absolute atomic E-state index is 6.18. The Hall–Kier alpha value is -0.580. The van der Waals surface area contributed by atoms with Gasteiger partial charge < -0.3 is 15.2 Å². The number of hydrogen-bond donors (Lipinski definition) is 1. The van der Waals surface area contributed by atoms with Crippen LogP contribution < -0.4 is 15.2 Å².